The number of rotatable bonds is 6. The van der Waals surface area contributed by atoms with Crippen LogP contribution in [0.1, 0.15) is 32.3 Å². The Morgan fingerprint density at radius 2 is 2.17 bits per heavy atom. The highest BCUT2D eigenvalue weighted by Crippen LogP contribution is 2.32. The minimum atomic E-state index is -0.630. The molecule has 130 valence electrons. The highest BCUT2D eigenvalue weighted by molar-refractivity contribution is 7.99. The number of hydrogen-bond acceptors (Lipinski definition) is 5. The van der Waals surface area contributed by atoms with Crippen LogP contribution in [0.3, 0.4) is 0 Å². The van der Waals surface area contributed by atoms with E-state index >= 15 is 0 Å². The molecule has 0 aliphatic carbocycles. The van der Waals surface area contributed by atoms with Crippen LogP contribution in [-0.2, 0) is 10.5 Å². The monoisotopic (exact) mass is 347 g/mol. The van der Waals surface area contributed by atoms with Gasteiger partial charge >= 0.3 is 0 Å². The van der Waals surface area contributed by atoms with Crippen LogP contribution < -0.4 is 10.5 Å². The van der Waals surface area contributed by atoms with Gasteiger partial charge in [0.2, 0.25) is 5.91 Å². The molecule has 2 N–H and O–H groups in total. The molecule has 1 unspecified atom stereocenters. The van der Waals surface area contributed by atoms with E-state index in [2.05, 4.69) is 6.07 Å². The molecule has 2 atom stereocenters. The van der Waals surface area contributed by atoms with Crippen molar-refractivity contribution >= 4 is 17.7 Å². The van der Waals surface area contributed by atoms with Crippen molar-refractivity contribution in [1.82, 2.24) is 4.90 Å². The molecule has 5 nitrogen and oxygen atoms in total. The van der Waals surface area contributed by atoms with E-state index in [9.17, 15) is 4.79 Å². The van der Waals surface area contributed by atoms with E-state index in [1.54, 1.807) is 23.8 Å². The molecule has 1 fully saturated rings. The van der Waals surface area contributed by atoms with Crippen LogP contribution in [0, 0.1) is 11.3 Å². The molecule has 6 heteroatoms. The Balaban J connectivity index is 1.97. The van der Waals surface area contributed by atoms with Crippen molar-refractivity contribution in [3.8, 4) is 11.8 Å². The van der Waals surface area contributed by atoms with Gasteiger partial charge in [0.1, 0.15) is 11.8 Å². The molecule has 0 saturated carbocycles. The molecule has 24 heavy (non-hydrogen) atoms. The SMILES string of the molecule is COc1ccc(CSC(C)(C)[C@@H](N)C(=O)N2CCCC2C#N)cc1. The van der Waals surface area contributed by atoms with Crippen molar-refractivity contribution in [1.29, 1.82) is 5.26 Å². The van der Waals surface area contributed by atoms with Gasteiger partial charge in [-0.25, -0.2) is 0 Å². The first-order valence-electron chi connectivity index (χ1n) is 8.11. The fraction of sp³-hybridized carbons (Fsp3) is 0.556. The Morgan fingerprint density at radius 3 is 2.75 bits per heavy atom. The van der Waals surface area contributed by atoms with Gasteiger partial charge in [0.05, 0.1) is 19.2 Å². The van der Waals surface area contributed by atoms with E-state index < -0.39 is 10.8 Å². The molecular weight excluding hydrogens is 322 g/mol. The van der Waals surface area contributed by atoms with Crippen LogP contribution in [0.15, 0.2) is 24.3 Å². The zero-order valence-corrected chi connectivity index (χ0v) is 15.3. The average Bonchev–Trinajstić information content (AvgIpc) is 3.07. The number of hydrogen-bond donors (Lipinski definition) is 1. The van der Waals surface area contributed by atoms with Crippen molar-refractivity contribution in [2.75, 3.05) is 13.7 Å². The maximum atomic E-state index is 12.7. The molecule has 1 aliphatic rings. The Morgan fingerprint density at radius 1 is 1.50 bits per heavy atom. The van der Waals surface area contributed by atoms with E-state index in [1.807, 2.05) is 38.1 Å². The number of likely N-dealkylation sites (tertiary alicyclic amines) is 1. The van der Waals surface area contributed by atoms with Crippen LogP contribution in [-0.4, -0.2) is 41.3 Å². The number of nitrogens with zero attached hydrogens (tertiary/aromatic N) is 2. The lowest BCUT2D eigenvalue weighted by Gasteiger charge is -2.33. The average molecular weight is 347 g/mol. The van der Waals surface area contributed by atoms with Crippen molar-refractivity contribution in [3.63, 3.8) is 0 Å². The third-order valence-electron chi connectivity index (χ3n) is 4.47. The number of nitrogens with two attached hydrogens (primary N) is 1. The number of methoxy groups -OCH3 is 1. The molecule has 1 saturated heterocycles. The number of ether oxygens (including phenoxy) is 1. The predicted molar refractivity (Wildman–Crippen MR) is 96.7 cm³/mol. The van der Waals surface area contributed by atoms with Gasteiger partial charge in [0, 0.05) is 17.0 Å². The summed E-state index contributed by atoms with van der Waals surface area (Å²) < 4.78 is 4.74. The van der Waals surface area contributed by atoms with E-state index in [0.717, 1.165) is 29.9 Å². The minimum Gasteiger partial charge on any atom is -0.497 e. The van der Waals surface area contributed by atoms with Gasteiger partial charge in [-0.1, -0.05) is 12.1 Å². The highest BCUT2D eigenvalue weighted by Gasteiger charge is 2.39. The Bertz CT molecular complexity index is 610. The topological polar surface area (TPSA) is 79.3 Å². The summed E-state index contributed by atoms with van der Waals surface area (Å²) in [7, 11) is 1.64. The quantitative estimate of drug-likeness (QED) is 0.855. The smallest absolute Gasteiger partial charge is 0.241 e. The van der Waals surface area contributed by atoms with Crippen LogP contribution >= 0.6 is 11.8 Å². The minimum absolute atomic E-state index is 0.119. The van der Waals surface area contributed by atoms with Crippen LogP contribution in [0.4, 0.5) is 0 Å². The lowest BCUT2D eigenvalue weighted by atomic mass is 10.0. The third-order valence-corrected chi connectivity index (χ3v) is 5.95. The lowest BCUT2D eigenvalue weighted by molar-refractivity contribution is -0.133. The second-order valence-corrected chi connectivity index (χ2v) is 8.17. The van der Waals surface area contributed by atoms with Crippen molar-refractivity contribution < 1.29 is 9.53 Å². The van der Waals surface area contributed by atoms with Gasteiger partial charge < -0.3 is 15.4 Å². The molecule has 1 heterocycles. The molecule has 1 aromatic carbocycles. The summed E-state index contributed by atoms with van der Waals surface area (Å²) in [5.41, 5.74) is 7.42. The number of carbonyl (C=O) groups is 1. The van der Waals surface area contributed by atoms with Gasteiger partial charge in [-0.05, 0) is 44.4 Å². The summed E-state index contributed by atoms with van der Waals surface area (Å²) in [6.45, 7) is 4.60. The molecule has 0 aromatic heterocycles. The third kappa shape index (κ3) is 4.22. The predicted octanol–water partition coefficient (Wildman–Crippen LogP) is 2.55. The van der Waals surface area contributed by atoms with Crippen LogP contribution in [0.5, 0.6) is 5.75 Å². The molecule has 2 rings (SSSR count). The fourth-order valence-corrected chi connectivity index (χ4v) is 3.73. The molecule has 0 bridgehead atoms. The zero-order valence-electron chi connectivity index (χ0n) is 14.5. The number of thioether (sulfide) groups is 1. The first-order valence-corrected chi connectivity index (χ1v) is 9.10. The van der Waals surface area contributed by atoms with E-state index in [1.165, 1.54) is 0 Å². The van der Waals surface area contributed by atoms with E-state index in [0.29, 0.717) is 6.54 Å². The van der Waals surface area contributed by atoms with Gasteiger partial charge in [-0.15, -0.1) is 11.8 Å². The summed E-state index contributed by atoms with van der Waals surface area (Å²) in [5.74, 6) is 1.47. The maximum Gasteiger partial charge on any atom is 0.241 e. The molecular formula is C18H25N3O2S. The van der Waals surface area contributed by atoms with Crippen LogP contribution in [0.25, 0.3) is 0 Å². The van der Waals surface area contributed by atoms with E-state index in [-0.39, 0.29) is 11.9 Å². The Labute approximate surface area is 148 Å². The van der Waals surface area contributed by atoms with Crippen LogP contribution in [0.2, 0.25) is 0 Å². The summed E-state index contributed by atoms with van der Waals surface area (Å²) >= 11 is 1.65. The largest absolute Gasteiger partial charge is 0.497 e. The summed E-state index contributed by atoms with van der Waals surface area (Å²) in [5, 5.41) is 9.16. The number of carbonyl (C=O) groups excluding carboxylic acids is 1. The Kier molecular flexibility index (Phi) is 6.14. The Hall–Kier alpha value is -1.71. The summed E-state index contributed by atoms with van der Waals surface area (Å²) in [6.07, 6.45) is 1.62. The lowest BCUT2D eigenvalue weighted by Crippen LogP contribution is -2.54. The molecule has 1 aliphatic heterocycles. The zero-order chi connectivity index (χ0) is 17.7. The summed E-state index contributed by atoms with van der Waals surface area (Å²) in [4.78, 5) is 14.3. The molecule has 0 radical (unpaired) electrons. The van der Waals surface area contributed by atoms with Gasteiger partial charge in [-0.3, -0.25) is 4.79 Å². The number of benzene rings is 1. The second-order valence-electron chi connectivity index (χ2n) is 6.54. The van der Waals surface area contributed by atoms with Crippen molar-refractivity contribution in [3.05, 3.63) is 29.8 Å². The maximum absolute atomic E-state index is 12.7. The first kappa shape index (κ1) is 18.6. The van der Waals surface area contributed by atoms with Crippen molar-refractivity contribution in [2.45, 2.75) is 49.3 Å². The highest BCUT2D eigenvalue weighted by atomic mass is 32.2. The number of amides is 1. The molecule has 1 amide bonds. The second kappa shape index (κ2) is 7.91. The van der Waals surface area contributed by atoms with E-state index in [4.69, 9.17) is 15.7 Å². The van der Waals surface area contributed by atoms with Gasteiger partial charge in [0.15, 0.2) is 0 Å². The molecule has 1 aromatic rings. The van der Waals surface area contributed by atoms with Gasteiger partial charge in [0.25, 0.3) is 0 Å². The summed E-state index contributed by atoms with van der Waals surface area (Å²) in [6, 6.07) is 9.13. The standard InChI is InChI=1S/C18H25N3O2S/c1-18(2,24-12-13-6-8-15(23-3)9-7-13)16(20)17(22)21-10-4-5-14(21)11-19/h6-9,14,16H,4-5,10,12,20H2,1-3H3/t14?,16-/m0/s1. The normalized spacial score (nSPS) is 19.0. The van der Waals surface area contributed by atoms with Crippen molar-refractivity contribution in [2.24, 2.45) is 5.73 Å². The van der Waals surface area contributed by atoms with Gasteiger partial charge in [-0.2, -0.15) is 5.26 Å². The first-order chi connectivity index (χ1) is 11.4. The molecule has 0 spiro atoms. The fourth-order valence-electron chi connectivity index (χ4n) is 2.72. The number of nitriles is 1.